The number of hydrogen-bond donors (Lipinski definition) is 0. The van der Waals surface area contributed by atoms with Gasteiger partial charge in [-0.15, -0.1) is 5.10 Å². The Morgan fingerprint density at radius 1 is 1.07 bits per heavy atom. The first-order valence-electron chi connectivity index (χ1n) is 9.57. The second-order valence-corrected chi connectivity index (χ2v) is 7.15. The molecule has 3 heterocycles. The molecule has 0 fully saturated rings. The van der Waals surface area contributed by atoms with Crippen molar-refractivity contribution in [3.8, 4) is 11.3 Å². The molecule has 0 radical (unpaired) electrons. The summed E-state index contributed by atoms with van der Waals surface area (Å²) in [4.78, 5) is 24.6. The second-order valence-electron chi connectivity index (χ2n) is 7.15. The quantitative estimate of drug-likeness (QED) is 0.517. The van der Waals surface area contributed by atoms with E-state index in [2.05, 4.69) is 20.0 Å². The lowest BCUT2D eigenvalue weighted by atomic mass is 10.1. The molecule has 0 aliphatic carbocycles. The van der Waals surface area contributed by atoms with Crippen molar-refractivity contribution in [1.29, 1.82) is 0 Å². The summed E-state index contributed by atoms with van der Waals surface area (Å²) in [5.41, 5.74) is 2.28. The maximum atomic E-state index is 13.4. The smallest absolute Gasteiger partial charge is 0.262 e. The zero-order valence-corrected chi connectivity index (χ0v) is 16.5. The topological polar surface area (TPSA) is 68.3 Å². The van der Waals surface area contributed by atoms with Crippen LogP contribution in [-0.4, -0.2) is 49.7 Å². The summed E-state index contributed by atoms with van der Waals surface area (Å²) in [6, 6.07) is 11.8. The van der Waals surface area contributed by atoms with Crippen molar-refractivity contribution in [3.63, 3.8) is 0 Å². The molecular weight excluding hydrogens is 352 g/mol. The van der Waals surface area contributed by atoms with Crippen LogP contribution in [0.2, 0.25) is 0 Å². The predicted octanol–water partition coefficient (Wildman–Crippen LogP) is 2.62. The molecule has 4 rings (SSSR count). The van der Waals surface area contributed by atoms with Gasteiger partial charge in [0.1, 0.15) is 0 Å². The molecule has 0 saturated heterocycles. The standard InChI is InChI=1S/C21H24N6O/c1-4-17-23-21-22-16-11-14-26(13-8-12-25(2)3)20(28)18(16)19(27(21)24-17)15-9-6-5-7-10-15/h5-7,9-11,14H,4,8,12-13H2,1-3H3. The third kappa shape index (κ3) is 3.29. The van der Waals surface area contributed by atoms with Gasteiger partial charge in [-0.2, -0.15) is 9.50 Å². The lowest BCUT2D eigenvalue weighted by molar-refractivity contribution is 0.385. The summed E-state index contributed by atoms with van der Waals surface area (Å²) in [5, 5.41) is 5.18. The molecule has 0 spiro atoms. The number of nitrogens with zero attached hydrogens (tertiary/aromatic N) is 6. The molecule has 0 aliphatic rings. The number of benzene rings is 1. The van der Waals surface area contributed by atoms with Gasteiger partial charge in [-0.1, -0.05) is 37.3 Å². The number of rotatable bonds is 6. The normalized spacial score (nSPS) is 11.7. The first kappa shape index (κ1) is 18.3. The Morgan fingerprint density at radius 2 is 1.86 bits per heavy atom. The van der Waals surface area contributed by atoms with Crippen LogP contribution < -0.4 is 5.56 Å². The summed E-state index contributed by atoms with van der Waals surface area (Å²) in [7, 11) is 4.07. The van der Waals surface area contributed by atoms with Crippen LogP contribution in [0.15, 0.2) is 47.4 Å². The Balaban J connectivity index is 1.98. The highest BCUT2D eigenvalue weighted by molar-refractivity contribution is 5.93. The third-order valence-electron chi connectivity index (χ3n) is 4.81. The highest BCUT2D eigenvalue weighted by Crippen LogP contribution is 2.26. The first-order chi connectivity index (χ1) is 13.6. The first-order valence-corrected chi connectivity index (χ1v) is 9.57. The molecule has 0 bridgehead atoms. The summed E-state index contributed by atoms with van der Waals surface area (Å²) < 4.78 is 3.48. The highest BCUT2D eigenvalue weighted by Gasteiger charge is 2.18. The van der Waals surface area contributed by atoms with Crippen molar-refractivity contribution in [2.75, 3.05) is 20.6 Å². The van der Waals surface area contributed by atoms with Gasteiger partial charge in [0.15, 0.2) is 5.82 Å². The van der Waals surface area contributed by atoms with E-state index in [1.807, 2.05) is 63.6 Å². The number of pyridine rings is 1. The van der Waals surface area contributed by atoms with Crippen molar-refractivity contribution < 1.29 is 0 Å². The van der Waals surface area contributed by atoms with Crippen LogP contribution in [-0.2, 0) is 13.0 Å². The van der Waals surface area contributed by atoms with Crippen LogP contribution >= 0.6 is 0 Å². The molecule has 0 aliphatic heterocycles. The van der Waals surface area contributed by atoms with Crippen LogP contribution in [0.5, 0.6) is 0 Å². The fourth-order valence-corrected chi connectivity index (χ4v) is 3.41. The van der Waals surface area contributed by atoms with Gasteiger partial charge in [0.25, 0.3) is 11.3 Å². The molecular formula is C21H24N6O. The van der Waals surface area contributed by atoms with Crippen LogP contribution in [0.4, 0.5) is 0 Å². The third-order valence-corrected chi connectivity index (χ3v) is 4.81. The van der Waals surface area contributed by atoms with E-state index in [0.717, 1.165) is 24.2 Å². The Hall–Kier alpha value is -3.06. The van der Waals surface area contributed by atoms with Gasteiger partial charge in [-0.3, -0.25) is 4.79 Å². The highest BCUT2D eigenvalue weighted by atomic mass is 16.1. The molecule has 4 aromatic rings. The largest absolute Gasteiger partial charge is 0.315 e. The van der Waals surface area contributed by atoms with E-state index in [0.29, 0.717) is 35.5 Å². The minimum atomic E-state index is -0.0435. The molecule has 1 aromatic carbocycles. The van der Waals surface area contributed by atoms with E-state index in [-0.39, 0.29) is 5.56 Å². The molecule has 0 saturated carbocycles. The molecule has 3 aromatic heterocycles. The van der Waals surface area contributed by atoms with E-state index < -0.39 is 0 Å². The van der Waals surface area contributed by atoms with Gasteiger partial charge >= 0.3 is 0 Å². The Bertz CT molecular complexity index is 1180. The lowest BCUT2D eigenvalue weighted by Crippen LogP contribution is -2.23. The maximum absolute atomic E-state index is 13.4. The van der Waals surface area contributed by atoms with Gasteiger partial charge < -0.3 is 9.47 Å². The van der Waals surface area contributed by atoms with Crippen molar-refractivity contribution in [1.82, 2.24) is 29.0 Å². The number of aryl methyl sites for hydroxylation is 2. The Labute approximate surface area is 163 Å². The average molecular weight is 376 g/mol. The fraction of sp³-hybridized carbons (Fsp3) is 0.333. The van der Waals surface area contributed by atoms with Crippen LogP contribution in [0.25, 0.3) is 27.9 Å². The fourth-order valence-electron chi connectivity index (χ4n) is 3.41. The zero-order valence-electron chi connectivity index (χ0n) is 16.5. The molecule has 144 valence electrons. The lowest BCUT2D eigenvalue weighted by Gasteiger charge is -2.13. The van der Waals surface area contributed by atoms with Gasteiger partial charge in [0.05, 0.1) is 16.6 Å². The number of aromatic nitrogens is 5. The van der Waals surface area contributed by atoms with Gasteiger partial charge in [0.2, 0.25) is 0 Å². The molecule has 7 nitrogen and oxygen atoms in total. The van der Waals surface area contributed by atoms with Gasteiger partial charge in [0, 0.05) is 24.7 Å². The molecule has 0 amide bonds. The van der Waals surface area contributed by atoms with E-state index in [9.17, 15) is 4.79 Å². The van der Waals surface area contributed by atoms with E-state index in [1.54, 1.807) is 9.08 Å². The summed E-state index contributed by atoms with van der Waals surface area (Å²) in [6.07, 6.45) is 3.44. The number of fused-ring (bicyclic) bond motifs is 2. The molecule has 0 atom stereocenters. The van der Waals surface area contributed by atoms with Gasteiger partial charge in [-0.05, 0) is 33.1 Å². The monoisotopic (exact) mass is 376 g/mol. The average Bonchev–Trinajstić information content (AvgIpc) is 3.11. The Kier molecular flexibility index (Phi) is 4.92. The summed E-state index contributed by atoms with van der Waals surface area (Å²) >= 11 is 0. The van der Waals surface area contributed by atoms with Crippen LogP contribution in [0.1, 0.15) is 19.2 Å². The van der Waals surface area contributed by atoms with Crippen LogP contribution in [0.3, 0.4) is 0 Å². The van der Waals surface area contributed by atoms with Crippen LogP contribution in [0, 0.1) is 0 Å². The zero-order chi connectivity index (χ0) is 19.7. The molecule has 7 heteroatoms. The Morgan fingerprint density at radius 3 is 2.57 bits per heavy atom. The number of hydrogen-bond acceptors (Lipinski definition) is 5. The summed E-state index contributed by atoms with van der Waals surface area (Å²) in [6.45, 7) is 3.60. The molecule has 28 heavy (non-hydrogen) atoms. The SMILES string of the molecule is CCc1nc2nc3ccn(CCCN(C)C)c(=O)c3c(-c3ccccc3)n2n1. The predicted molar refractivity (Wildman–Crippen MR) is 111 cm³/mol. The minimum absolute atomic E-state index is 0.0435. The molecule has 0 unspecified atom stereocenters. The van der Waals surface area contributed by atoms with E-state index in [4.69, 9.17) is 0 Å². The van der Waals surface area contributed by atoms with Crippen molar-refractivity contribution in [2.24, 2.45) is 0 Å². The maximum Gasteiger partial charge on any atom is 0.262 e. The van der Waals surface area contributed by atoms with Crippen molar-refractivity contribution in [2.45, 2.75) is 26.3 Å². The van der Waals surface area contributed by atoms with E-state index >= 15 is 0 Å². The van der Waals surface area contributed by atoms with Crippen molar-refractivity contribution >= 4 is 16.7 Å². The van der Waals surface area contributed by atoms with Crippen molar-refractivity contribution in [3.05, 3.63) is 58.8 Å². The van der Waals surface area contributed by atoms with Gasteiger partial charge in [-0.25, -0.2) is 4.98 Å². The summed E-state index contributed by atoms with van der Waals surface area (Å²) in [5.74, 6) is 1.24. The minimum Gasteiger partial charge on any atom is -0.315 e. The second kappa shape index (κ2) is 7.52. The molecule has 0 N–H and O–H groups in total. The van der Waals surface area contributed by atoms with E-state index in [1.165, 1.54) is 0 Å².